The average Bonchev–Trinajstić information content (AvgIpc) is 3.00. The van der Waals surface area contributed by atoms with Crippen LogP contribution in [0.15, 0.2) is 36.4 Å². The predicted molar refractivity (Wildman–Crippen MR) is 79.9 cm³/mol. The fraction of sp³-hybridized carbons (Fsp3) is 0.400. The van der Waals surface area contributed by atoms with Gasteiger partial charge in [-0.15, -0.1) is 0 Å². The van der Waals surface area contributed by atoms with Gasteiger partial charge in [-0.1, -0.05) is 18.2 Å². The summed E-state index contributed by atoms with van der Waals surface area (Å²) in [7, 11) is 0. The normalized spacial score (nSPS) is 26.9. The van der Waals surface area contributed by atoms with Gasteiger partial charge in [0.2, 0.25) is 0 Å². The van der Waals surface area contributed by atoms with E-state index in [4.69, 9.17) is 12.2 Å². The topological polar surface area (TPSA) is 24.1 Å². The molecule has 2 bridgehead atoms. The summed E-state index contributed by atoms with van der Waals surface area (Å²) in [4.78, 5) is 0. The Balaban J connectivity index is 1.61. The van der Waals surface area contributed by atoms with Gasteiger partial charge in [0, 0.05) is 11.7 Å². The second-order valence-corrected chi connectivity index (χ2v) is 5.97. The minimum absolute atomic E-state index is 0.283. The summed E-state index contributed by atoms with van der Waals surface area (Å²) >= 11 is 5.20. The highest BCUT2D eigenvalue weighted by Crippen LogP contribution is 2.39. The molecule has 3 atom stereocenters. The zero-order valence-corrected chi connectivity index (χ0v) is 12.0. The lowest BCUT2D eigenvalue weighted by molar-refractivity contribution is -0.137. The van der Waals surface area contributed by atoms with Crippen molar-refractivity contribution in [2.24, 2.45) is 11.8 Å². The van der Waals surface area contributed by atoms with Gasteiger partial charge in [0.15, 0.2) is 5.11 Å². The third kappa shape index (κ3) is 3.20. The van der Waals surface area contributed by atoms with Crippen LogP contribution in [0.3, 0.4) is 0 Å². The Labute approximate surface area is 126 Å². The highest BCUT2D eigenvalue weighted by atomic mass is 32.1. The molecule has 0 aromatic heterocycles. The van der Waals surface area contributed by atoms with Gasteiger partial charge in [0.1, 0.15) is 0 Å². The molecule has 2 nitrogen and oxygen atoms in total. The summed E-state index contributed by atoms with van der Waals surface area (Å²) in [5.41, 5.74) is -0.334. The van der Waals surface area contributed by atoms with Crippen molar-refractivity contribution in [3.8, 4) is 0 Å². The molecule has 1 aromatic carbocycles. The molecule has 0 radical (unpaired) electrons. The van der Waals surface area contributed by atoms with Crippen LogP contribution in [0.25, 0.3) is 0 Å². The van der Waals surface area contributed by atoms with Gasteiger partial charge in [0.05, 0.1) is 5.56 Å². The van der Waals surface area contributed by atoms with Crippen molar-refractivity contribution >= 4 is 23.0 Å². The molecule has 2 aliphatic carbocycles. The average molecular weight is 312 g/mol. The lowest BCUT2D eigenvalue weighted by Crippen LogP contribution is -2.40. The van der Waals surface area contributed by atoms with Crippen molar-refractivity contribution in [1.82, 2.24) is 5.32 Å². The number of thiocarbonyl (C=S) groups is 1. The van der Waals surface area contributed by atoms with Crippen LogP contribution in [-0.2, 0) is 6.18 Å². The molecule has 0 spiro atoms. The Morgan fingerprint density at radius 3 is 2.62 bits per heavy atom. The van der Waals surface area contributed by atoms with Crippen molar-refractivity contribution in [2.45, 2.75) is 25.1 Å². The second-order valence-electron chi connectivity index (χ2n) is 5.56. The highest BCUT2D eigenvalue weighted by molar-refractivity contribution is 7.80. The summed E-state index contributed by atoms with van der Waals surface area (Å²) < 4.78 is 38.0. The smallest absolute Gasteiger partial charge is 0.359 e. The number of fused-ring (bicyclic) bond motifs is 2. The quantitative estimate of drug-likeness (QED) is 0.638. The Bertz CT molecular complexity index is 583. The maximum Gasteiger partial charge on any atom is 0.416 e. The van der Waals surface area contributed by atoms with Gasteiger partial charge in [-0.3, -0.25) is 0 Å². The molecule has 1 fully saturated rings. The maximum atomic E-state index is 12.7. The van der Waals surface area contributed by atoms with Crippen molar-refractivity contribution < 1.29 is 13.2 Å². The van der Waals surface area contributed by atoms with Crippen LogP contribution in [0, 0.1) is 11.8 Å². The first-order chi connectivity index (χ1) is 9.91. The Morgan fingerprint density at radius 1 is 1.19 bits per heavy atom. The molecule has 1 aromatic rings. The van der Waals surface area contributed by atoms with Gasteiger partial charge in [-0.2, -0.15) is 13.2 Å². The number of allylic oxidation sites excluding steroid dienone is 1. The monoisotopic (exact) mass is 312 g/mol. The third-order valence-electron chi connectivity index (χ3n) is 4.04. The molecule has 0 heterocycles. The van der Waals surface area contributed by atoms with Crippen molar-refractivity contribution in [3.05, 3.63) is 42.0 Å². The first-order valence-corrected chi connectivity index (χ1v) is 7.26. The fourth-order valence-corrected chi connectivity index (χ4v) is 3.32. The van der Waals surface area contributed by atoms with E-state index in [1.807, 2.05) is 0 Å². The van der Waals surface area contributed by atoms with E-state index in [0.717, 1.165) is 25.0 Å². The molecule has 1 saturated carbocycles. The second kappa shape index (κ2) is 5.33. The van der Waals surface area contributed by atoms with Crippen LogP contribution < -0.4 is 10.6 Å². The Morgan fingerprint density at radius 2 is 2.00 bits per heavy atom. The molecule has 0 amide bonds. The zero-order chi connectivity index (χ0) is 15.0. The molecular weight excluding hydrogens is 297 g/mol. The first kappa shape index (κ1) is 14.4. The Hall–Kier alpha value is -1.56. The molecule has 2 aliphatic rings. The van der Waals surface area contributed by atoms with Gasteiger partial charge < -0.3 is 10.6 Å². The van der Waals surface area contributed by atoms with E-state index in [-0.39, 0.29) is 6.04 Å². The van der Waals surface area contributed by atoms with Gasteiger partial charge in [-0.25, -0.2) is 0 Å². The van der Waals surface area contributed by atoms with E-state index in [1.54, 1.807) is 6.07 Å². The summed E-state index contributed by atoms with van der Waals surface area (Å²) in [6.07, 6.45) is 2.25. The van der Waals surface area contributed by atoms with E-state index in [2.05, 4.69) is 22.8 Å². The Kier molecular flexibility index (Phi) is 3.65. The number of hydrogen-bond acceptors (Lipinski definition) is 1. The predicted octanol–water partition coefficient (Wildman–Crippen LogP) is 3.96. The molecule has 0 aliphatic heterocycles. The summed E-state index contributed by atoms with van der Waals surface area (Å²) in [6, 6.07) is 5.33. The van der Waals surface area contributed by atoms with E-state index in [9.17, 15) is 13.2 Å². The number of hydrogen-bond donors (Lipinski definition) is 2. The number of alkyl halides is 3. The molecule has 0 unspecified atom stereocenters. The summed E-state index contributed by atoms with van der Waals surface area (Å²) in [5.74, 6) is 1.10. The van der Waals surface area contributed by atoms with Gasteiger partial charge >= 0.3 is 6.18 Å². The fourth-order valence-electron chi connectivity index (χ4n) is 3.06. The molecule has 2 N–H and O–H groups in total. The lowest BCUT2D eigenvalue weighted by Gasteiger charge is -2.22. The van der Waals surface area contributed by atoms with Crippen LogP contribution in [0.2, 0.25) is 0 Å². The van der Waals surface area contributed by atoms with Crippen LogP contribution in [-0.4, -0.2) is 11.2 Å². The van der Waals surface area contributed by atoms with Crippen molar-refractivity contribution in [3.63, 3.8) is 0 Å². The lowest BCUT2D eigenvalue weighted by atomic mass is 10.0. The van der Waals surface area contributed by atoms with Crippen molar-refractivity contribution in [1.29, 1.82) is 0 Å². The zero-order valence-electron chi connectivity index (χ0n) is 11.2. The van der Waals surface area contributed by atoms with E-state index >= 15 is 0 Å². The SMILES string of the molecule is FC(F)(F)c1cccc(NC(=S)N[C@@H]2C[C@@H]3C=C[C@@H]2C3)c1. The standard InChI is InChI=1S/C15H15F3N2S/c16-15(17,18)11-2-1-3-12(8-11)19-14(21)20-13-7-9-4-5-10(13)6-9/h1-5,8-10,13H,6-7H2,(H2,19,20,21)/t9-,10-,13-/m1/s1. The van der Waals surface area contributed by atoms with Crippen LogP contribution >= 0.6 is 12.2 Å². The van der Waals surface area contributed by atoms with Crippen LogP contribution in [0.1, 0.15) is 18.4 Å². The van der Waals surface area contributed by atoms with Gasteiger partial charge in [-0.05, 0) is 55.1 Å². The number of rotatable bonds is 2. The first-order valence-electron chi connectivity index (χ1n) is 6.85. The molecule has 112 valence electrons. The maximum absolute atomic E-state index is 12.7. The molecule has 3 rings (SSSR count). The number of anilines is 1. The minimum atomic E-state index is -4.35. The van der Waals surface area contributed by atoms with Crippen LogP contribution in [0.4, 0.5) is 18.9 Å². The van der Waals surface area contributed by atoms with Crippen LogP contribution in [0.5, 0.6) is 0 Å². The van der Waals surface area contributed by atoms with Gasteiger partial charge in [0.25, 0.3) is 0 Å². The molecule has 21 heavy (non-hydrogen) atoms. The van der Waals surface area contributed by atoms with E-state index < -0.39 is 11.7 Å². The largest absolute Gasteiger partial charge is 0.416 e. The van der Waals surface area contributed by atoms with E-state index in [0.29, 0.717) is 22.6 Å². The molecule has 6 heteroatoms. The number of nitrogens with one attached hydrogen (secondary N) is 2. The summed E-state index contributed by atoms with van der Waals surface area (Å²) in [5, 5.41) is 6.42. The highest BCUT2D eigenvalue weighted by Gasteiger charge is 2.36. The molecular formula is C15H15F3N2S. The number of halogens is 3. The van der Waals surface area contributed by atoms with E-state index in [1.165, 1.54) is 6.07 Å². The molecule has 0 saturated heterocycles. The third-order valence-corrected chi connectivity index (χ3v) is 4.26. The van der Waals surface area contributed by atoms with Crippen molar-refractivity contribution in [2.75, 3.05) is 5.32 Å². The minimum Gasteiger partial charge on any atom is -0.359 e. The summed E-state index contributed by atoms with van der Waals surface area (Å²) in [6.45, 7) is 0. The number of benzene rings is 1.